The Bertz CT molecular complexity index is 997. The van der Waals surface area contributed by atoms with E-state index in [1.165, 1.54) is 11.9 Å². The van der Waals surface area contributed by atoms with Gasteiger partial charge < -0.3 is 25.0 Å². The number of carbonyl (C=O) groups is 3. The first-order valence-electron chi connectivity index (χ1n) is 10.1. The molecule has 31 heavy (non-hydrogen) atoms. The maximum absolute atomic E-state index is 13.3. The first-order chi connectivity index (χ1) is 14.8. The molecule has 0 saturated carbocycles. The van der Waals surface area contributed by atoms with E-state index in [9.17, 15) is 14.4 Å². The average Bonchev–Trinajstić information content (AvgIpc) is 3.33. The second kappa shape index (κ2) is 7.43. The molecule has 2 fully saturated rings. The predicted molar refractivity (Wildman–Crippen MR) is 112 cm³/mol. The highest BCUT2D eigenvalue weighted by Crippen LogP contribution is 2.59. The first-order valence-corrected chi connectivity index (χ1v) is 10.1. The van der Waals surface area contributed by atoms with E-state index in [1.54, 1.807) is 38.3 Å². The third-order valence-corrected chi connectivity index (χ3v) is 6.46. The van der Waals surface area contributed by atoms with E-state index in [0.29, 0.717) is 5.75 Å². The van der Waals surface area contributed by atoms with Crippen LogP contribution in [0, 0.1) is 24.2 Å². The number of fused-ring (bicyclic) bond motifs is 1. The minimum atomic E-state index is -1.23. The zero-order chi connectivity index (χ0) is 22.4. The topological polar surface area (TPSA) is 97.0 Å². The summed E-state index contributed by atoms with van der Waals surface area (Å²) in [7, 11) is 3.10. The fourth-order valence-electron chi connectivity index (χ4n) is 5.08. The quantitative estimate of drug-likeness (QED) is 0.505. The number of methoxy groups -OCH3 is 1. The van der Waals surface area contributed by atoms with Crippen LogP contribution in [0.5, 0.6) is 5.75 Å². The van der Waals surface area contributed by atoms with E-state index in [0.717, 1.165) is 5.56 Å². The number of ether oxygens (including phenoxy) is 2. The van der Waals surface area contributed by atoms with Crippen molar-refractivity contribution >= 4 is 17.7 Å². The van der Waals surface area contributed by atoms with Gasteiger partial charge in [-0.15, -0.1) is 6.42 Å². The zero-order valence-corrected chi connectivity index (χ0v) is 17.7. The monoisotopic (exact) mass is 423 g/mol. The summed E-state index contributed by atoms with van der Waals surface area (Å²) < 4.78 is 11.4. The van der Waals surface area contributed by atoms with Gasteiger partial charge in [0.25, 0.3) is 0 Å². The molecule has 2 bridgehead atoms. The van der Waals surface area contributed by atoms with E-state index >= 15 is 0 Å². The van der Waals surface area contributed by atoms with Crippen molar-refractivity contribution in [3.05, 3.63) is 42.0 Å². The third kappa shape index (κ3) is 3.00. The number of likely N-dealkylation sites (tertiary alicyclic amines) is 1. The summed E-state index contributed by atoms with van der Waals surface area (Å²) in [5.74, 6) is 0.593. The largest absolute Gasteiger partial charge is 0.497 e. The molecule has 1 aromatic rings. The Balaban J connectivity index is 1.63. The number of carbonyl (C=O) groups excluding carboxylic acids is 3. The van der Waals surface area contributed by atoms with Gasteiger partial charge in [-0.2, -0.15) is 0 Å². The Kier molecular flexibility index (Phi) is 5.02. The van der Waals surface area contributed by atoms with Crippen LogP contribution in [0.3, 0.4) is 0 Å². The van der Waals surface area contributed by atoms with Gasteiger partial charge in [-0.05, 0) is 24.6 Å². The van der Waals surface area contributed by atoms with Crippen molar-refractivity contribution < 1.29 is 23.9 Å². The lowest BCUT2D eigenvalue weighted by atomic mass is 9.70. The summed E-state index contributed by atoms with van der Waals surface area (Å²) in [6, 6.07) is 6.34. The molecular formula is C23H25N3O5. The molecule has 3 aliphatic heterocycles. The summed E-state index contributed by atoms with van der Waals surface area (Å²) in [5, 5.41) is 5.51. The third-order valence-electron chi connectivity index (χ3n) is 6.46. The van der Waals surface area contributed by atoms with Crippen LogP contribution in [-0.4, -0.2) is 60.6 Å². The molecule has 0 radical (unpaired) electrons. The summed E-state index contributed by atoms with van der Waals surface area (Å²) in [4.78, 5) is 40.7. The van der Waals surface area contributed by atoms with Crippen LogP contribution in [0.15, 0.2) is 36.4 Å². The maximum atomic E-state index is 13.3. The fourth-order valence-corrected chi connectivity index (χ4v) is 5.08. The fraction of sp³-hybridized carbons (Fsp3) is 0.435. The van der Waals surface area contributed by atoms with Crippen molar-refractivity contribution in [3.8, 4) is 18.1 Å². The van der Waals surface area contributed by atoms with E-state index < -0.39 is 29.1 Å². The van der Waals surface area contributed by atoms with E-state index in [1.807, 2.05) is 12.1 Å². The van der Waals surface area contributed by atoms with Crippen LogP contribution >= 0.6 is 0 Å². The highest BCUT2D eigenvalue weighted by molar-refractivity contribution is 6.00. The highest BCUT2D eigenvalue weighted by Gasteiger charge is 2.75. The second-order valence-corrected chi connectivity index (χ2v) is 8.18. The van der Waals surface area contributed by atoms with Crippen molar-refractivity contribution in [2.75, 3.05) is 20.7 Å². The van der Waals surface area contributed by atoms with Crippen molar-refractivity contribution in [2.45, 2.75) is 30.7 Å². The molecule has 5 atom stereocenters. The van der Waals surface area contributed by atoms with Crippen LogP contribution in [0.4, 0.5) is 0 Å². The van der Waals surface area contributed by atoms with Gasteiger partial charge in [-0.1, -0.05) is 30.2 Å². The highest BCUT2D eigenvalue weighted by atomic mass is 16.5. The van der Waals surface area contributed by atoms with Gasteiger partial charge in [-0.25, -0.2) is 0 Å². The molecule has 3 heterocycles. The maximum Gasteiger partial charge on any atom is 0.246 e. The Morgan fingerprint density at radius 3 is 2.58 bits per heavy atom. The van der Waals surface area contributed by atoms with Gasteiger partial charge in [0.2, 0.25) is 17.7 Å². The van der Waals surface area contributed by atoms with E-state index in [2.05, 4.69) is 16.6 Å². The lowest BCUT2D eigenvalue weighted by Gasteiger charge is -2.32. The molecule has 4 rings (SSSR count). The predicted octanol–water partition coefficient (Wildman–Crippen LogP) is 0.231. The summed E-state index contributed by atoms with van der Waals surface area (Å²) in [6.07, 6.45) is 9.02. The standard InChI is InChI=1S/C23H25N3O5/c1-5-12-26-18(20(28)25-13-14-6-8-15(30-4)9-7-14)23-11-10-22(2,31-23)16(19(27)24-3)17(23)21(26)29/h1,6-11,16-18H,12-13H2,2-4H3,(H,24,27)(H,25,28)/t16-,17-,18-,22+,23-/m0/s1. The second-order valence-electron chi connectivity index (χ2n) is 8.18. The van der Waals surface area contributed by atoms with Crippen LogP contribution < -0.4 is 15.4 Å². The summed E-state index contributed by atoms with van der Waals surface area (Å²) in [6.45, 7) is 1.98. The molecule has 1 spiro atoms. The minimum absolute atomic E-state index is 0.0495. The van der Waals surface area contributed by atoms with Crippen molar-refractivity contribution in [1.29, 1.82) is 0 Å². The number of benzene rings is 1. The molecule has 0 aliphatic carbocycles. The van der Waals surface area contributed by atoms with Crippen LogP contribution in [-0.2, 0) is 25.7 Å². The van der Waals surface area contributed by atoms with Crippen LogP contribution in [0.25, 0.3) is 0 Å². The molecule has 8 nitrogen and oxygen atoms in total. The zero-order valence-electron chi connectivity index (χ0n) is 17.7. The Labute approximate surface area is 180 Å². The molecule has 1 aromatic carbocycles. The van der Waals surface area contributed by atoms with Gasteiger partial charge in [0, 0.05) is 13.6 Å². The Morgan fingerprint density at radius 2 is 1.97 bits per heavy atom. The number of nitrogens with one attached hydrogen (secondary N) is 2. The Morgan fingerprint density at radius 1 is 1.26 bits per heavy atom. The number of nitrogens with zero attached hydrogens (tertiary/aromatic N) is 1. The van der Waals surface area contributed by atoms with Crippen molar-refractivity contribution in [3.63, 3.8) is 0 Å². The molecule has 3 aliphatic rings. The summed E-state index contributed by atoms with van der Waals surface area (Å²) >= 11 is 0. The number of terminal acetylenes is 1. The van der Waals surface area contributed by atoms with Gasteiger partial charge in [0.1, 0.15) is 17.4 Å². The number of hydrogen-bond acceptors (Lipinski definition) is 5. The molecule has 0 aromatic heterocycles. The van der Waals surface area contributed by atoms with Crippen molar-refractivity contribution in [1.82, 2.24) is 15.5 Å². The molecule has 2 N–H and O–H groups in total. The minimum Gasteiger partial charge on any atom is -0.497 e. The average molecular weight is 423 g/mol. The molecule has 2 saturated heterocycles. The van der Waals surface area contributed by atoms with Gasteiger partial charge in [0.15, 0.2) is 0 Å². The van der Waals surface area contributed by atoms with Gasteiger partial charge >= 0.3 is 0 Å². The van der Waals surface area contributed by atoms with Crippen LogP contribution in [0.2, 0.25) is 0 Å². The normalized spacial score (nSPS) is 32.5. The molecular weight excluding hydrogens is 398 g/mol. The van der Waals surface area contributed by atoms with Crippen molar-refractivity contribution in [2.24, 2.45) is 11.8 Å². The number of hydrogen-bond donors (Lipinski definition) is 2. The van der Waals surface area contributed by atoms with E-state index in [4.69, 9.17) is 15.9 Å². The summed E-state index contributed by atoms with van der Waals surface area (Å²) in [5.41, 5.74) is -1.32. The lowest BCUT2D eigenvalue weighted by molar-refractivity contribution is -0.144. The van der Waals surface area contributed by atoms with Crippen LogP contribution in [0.1, 0.15) is 12.5 Å². The van der Waals surface area contributed by atoms with Gasteiger partial charge in [0.05, 0.1) is 31.1 Å². The lowest BCUT2D eigenvalue weighted by Crippen LogP contribution is -2.54. The number of amides is 3. The molecule has 0 unspecified atom stereocenters. The van der Waals surface area contributed by atoms with Gasteiger partial charge in [-0.3, -0.25) is 14.4 Å². The first kappa shape index (κ1) is 20.9. The SMILES string of the molecule is C#CCN1C(=O)[C@@H]2[C@@H](C(=O)NC)[C@@]3(C)C=C[C@@]2(O3)[C@@H]1C(=O)NCc1ccc(OC)cc1. The smallest absolute Gasteiger partial charge is 0.246 e. The molecule has 3 amide bonds. The molecule has 8 heteroatoms. The molecule has 162 valence electrons. The number of rotatable bonds is 6. The van der Waals surface area contributed by atoms with E-state index in [-0.39, 0.29) is 30.8 Å². The Hall–Kier alpha value is -3.31.